The zero-order valence-electron chi connectivity index (χ0n) is 7.88. The van der Waals surface area contributed by atoms with Gasteiger partial charge < -0.3 is 5.11 Å². The number of carbonyl (C=O) groups is 1. The summed E-state index contributed by atoms with van der Waals surface area (Å²) in [5.74, 6) is -1.36. The summed E-state index contributed by atoms with van der Waals surface area (Å²) in [5.41, 5.74) is -0.413. The summed E-state index contributed by atoms with van der Waals surface area (Å²) >= 11 is 11.1. The Bertz CT molecular complexity index is 413. The van der Waals surface area contributed by atoms with Crippen LogP contribution in [0.1, 0.15) is 23.4 Å². The average molecular weight is 270 g/mol. The van der Waals surface area contributed by atoms with Crippen molar-refractivity contribution in [3.63, 3.8) is 0 Å². The van der Waals surface area contributed by atoms with E-state index in [0.717, 1.165) is 6.07 Å². The fraction of sp³-hybridized carbons (Fsp3) is 0.333. The van der Waals surface area contributed by atoms with Crippen LogP contribution in [0.15, 0.2) is 6.07 Å². The third-order valence-corrected chi connectivity index (χ3v) is 2.38. The lowest BCUT2D eigenvalue weighted by molar-refractivity contribution is -0.136. The molecule has 1 aromatic rings. The Labute approximate surface area is 100 Å². The van der Waals surface area contributed by atoms with Crippen LogP contribution in [-0.4, -0.2) is 16.1 Å². The molecule has 7 heteroatoms. The molecule has 1 aromatic heterocycles. The molecule has 0 unspecified atom stereocenters. The minimum atomic E-state index is -2.78. The summed E-state index contributed by atoms with van der Waals surface area (Å²) in [6.07, 6.45) is -3.17. The second kappa shape index (κ2) is 5.41. The van der Waals surface area contributed by atoms with Crippen LogP contribution < -0.4 is 0 Å². The second-order valence-corrected chi connectivity index (χ2v) is 3.64. The molecule has 0 bridgehead atoms. The number of carboxylic acids is 1. The fourth-order valence-corrected chi connectivity index (χ4v) is 1.73. The molecule has 0 aliphatic heterocycles. The van der Waals surface area contributed by atoms with Gasteiger partial charge in [-0.1, -0.05) is 11.6 Å². The summed E-state index contributed by atoms with van der Waals surface area (Å²) in [4.78, 5) is 14.2. The van der Waals surface area contributed by atoms with Crippen molar-refractivity contribution in [2.24, 2.45) is 0 Å². The molecule has 0 aliphatic carbocycles. The SMILES string of the molecule is O=C(O)Cc1cc(Cl)c(C(F)F)c(CCl)n1. The van der Waals surface area contributed by atoms with Crippen molar-refractivity contribution >= 4 is 29.2 Å². The van der Waals surface area contributed by atoms with Crippen LogP contribution >= 0.6 is 23.2 Å². The minimum Gasteiger partial charge on any atom is -0.481 e. The Balaban J connectivity index is 3.20. The largest absolute Gasteiger partial charge is 0.481 e. The van der Waals surface area contributed by atoms with E-state index in [-0.39, 0.29) is 28.7 Å². The highest BCUT2D eigenvalue weighted by Crippen LogP contribution is 2.30. The van der Waals surface area contributed by atoms with E-state index in [1.165, 1.54) is 0 Å². The first kappa shape index (κ1) is 13.1. The molecule has 0 fully saturated rings. The first-order chi connectivity index (χ1) is 7.45. The fourth-order valence-electron chi connectivity index (χ4n) is 1.21. The summed E-state index contributed by atoms with van der Waals surface area (Å²) < 4.78 is 25.1. The molecule has 1 heterocycles. The normalized spacial score (nSPS) is 10.8. The van der Waals surface area contributed by atoms with Gasteiger partial charge >= 0.3 is 5.97 Å². The van der Waals surface area contributed by atoms with Gasteiger partial charge in [-0.3, -0.25) is 9.78 Å². The first-order valence-corrected chi connectivity index (χ1v) is 5.11. The number of rotatable bonds is 4. The molecule has 16 heavy (non-hydrogen) atoms. The zero-order valence-corrected chi connectivity index (χ0v) is 9.40. The van der Waals surface area contributed by atoms with Gasteiger partial charge in [0.15, 0.2) is 0 Å². The summed E-state index contributed by atoms with van der Waals surface area (Å²) in [6.45, 7) is 0. The Hall–Kier alpha value is -0.940. The van der Waals surface area contributed by atoms with Crippen LogP contribution in [0.4, 0.5) is 8.78 Å². The number of aliphatic carboxylic acids is 1. The molecule has 0 saturated carbocycles. The maximum absolute atomic E-state index is 12.6. The number of carboxylic acid groups (broad SMARTS) is 1. The van der Waals surface area contributed by atoms with Crippen molar-refractivity contribution in [1.29, 1.82) is 0 Å². The standard InChI is InChI=1S/C9H7Cl2F2NO2/c10-3-6-8(9(12)13)5(11)1-4(14-6)2-7(15)16/h1,9H,2-3H2,(H,15,16). The molecule has 0 aliphatic rings. The van der Waals surface area contributed by atoms with Gasteiger partial charge in [-0.15, -0.1) is 11.6 Å². The highest BCUT2D eigenvalue weighted by atomic mass is 35.5. The van der Waals surface area contributed by atoms with Gasteiger partial charge in [-0.2, -0.15) is 0 Å². The van der Waals surface area contributed by atoms with E-state index in [4.69, 9.17) is 28.3 Å². The first-order valence-electron chi connectivity index (χ1n) is 4.19. The summed E-state index contributed by atoms with van der Waals surface area (Å²) in [7, 11) is 0. The zero-order chi connectivity index (χ0) is 12.3. The Morgan fingerprint density at radius 2 is 2.19 bits per heavy atom. The number of nitrogens with zero attached hydrogens (tertiary/aromatic N) is 1. The molecular formula is C9H7Cl2F2NO2. The van der Waals surface area contributed by atoms with Gasteiger partial charge in [-0.25, -0.2) is 8.78 Å². The van der Waals surface area contributed by atoms with Gasteiger partial charge in [0, 0.05) is 0 Å². The lowest BCUT2D eigenvalue weighted by atomic mass is 10.1. The second-order valence-electron chi connectivity index (χ2n) is 2.96. The summed E-state index contributed by atoms with van der Waals surface area (Å²) in [6, 6.07) is 1.12. The molecule has 0 saturated heterocycles. The monoisotopic (exact) mass is 269 g/mol. The average Bonchev–Trinajstić information content (AvgIpc) is 2.14. The molecule has 1 rings (SSSR count). The molecule has 0 aromatic carbocycles. The lowest BCUT2D eigenvalue weighted by Crippen LogP contribution is -2.06. The van der Waals surface area contributed by atoms with Crippen LogP contribution in [0.5, 0.6) is 0 Å². The topological polar surface area (TPSA) is 50.2 Å². The maximum atomic E-state index is 12.6. The van der Waals surface area contributed by atoms with Crippen molar-refractivity contribution in [2.45, 2.75) is 18.7 Å². The summed E-state index contributed by atoms with van der Waals surface area (Å²) in [5, 5.41) is 8.32. The molecule has 0 amide bonds. The van der Waals surface area contributed by atoms with Crippen molar-refractivity contribution < 1.29 is 18.7 Å². The molecule has 0 spiro atoms. The van der Waals surface area contributed by atoms with Crippen LogP contribution in [0.25, 0.3) is 0 Å². The quantitative estimate of drug-likeness (QED) is 0.855. The number of halogens is 4. The van der Waals surface area contributed by atoms with E-state index < -0.39 is 18.0 Å². The third kappa shape index (κ3) is 3.02. The van der Waals surface area contributed by atoms with E-state index in [1.54, 1.807) is 0 Å². The van der Waals surface area contributed by atoms with Crippen LogP contribution in [0.3, 0.4) is 0 Å². The Morgan fingerprint density at radius 3 is 2.62 bits per heavy atom. The lowest BCUT2D eigenvalue weighted by Gasteiger charge is -2.09. The van der Waals surface area contributed by atoms with Gasteiger partial charge in [0.2, 0.25) is 0 Å². The molecule has 0 radical (unpaired) electrons. The predicted octanol–water partition coefficient (Wildman–Crippen LogP) is 3.04. The molecule has 0 atom stereocenters. The number of alkyl halides is 3. The number of aromatic nitrogens is 1. The van der Waals surface area contributed by atoms with E-state index >= 15 is 0 Å². The molecular weight excluding hydrogens is 263 g/mol. The van der Waals surface area contributed by atoms with E-state index in [0.29, 0.717) is 0 Å². The highest BCUT2D eigenvalue weighted by molar-refractivity contribution is 6.31. The van der Waals surface area contributed by atoms with Crippen molar-refractivity contribution in [3.05, 3.63) is 28.0 Å². The molecule has 88 valence electrons. The maximum Gasteiger partial charge on any atom is 0.309 e. The highest BCUT2D eigenvalue weighted by Gasteiger charge is 2.19. The van der Waals surface area contributed by atoms with E-state index in [1.807, 2.05) is 0 Å². The minimum absolute atomic E-state index is 0.0829. The van der Waals surface area contributed by atoms with Gasteiger partial charge in [0.25, 0.3) is 6.43 Å². The smallest absolute Gasteiger partial charge is 0.309 e. The van der Waals surface area contributed by atoms with Crippen LogP contribution in [0.2, 0.25) is 5.02 Å². The Morgan fingerprint density at radius 1 is 1.56 bits per heavy atom. The van der Waals surface area contributed by atoms with Gasteiger partial charge in [-0.05, 0) is 6.07 Å². The van der Waals surface area contributed by atoms with Gasteiger partial charge in [0.05, 0.1) is 34.3 Å². The predicted molar refractivity (Wildman–Crippen MR) is 55.1 cm³/mol. The van der Waals surface area contributed by atoms with E-state index in [9.17, 15) is 13.6 Å². The van der Waals surface area contributed by atoms with Gasteiger partial charge in [0.1, 0.15) is 0 Å². The Kier molecular flexibility index (Phi) is 4.44. The van der Waals surface area contributed by atoms with Crippen molar-refractivity contribution in [2.75, 3.05) is 0 Å². The number of hydrogen-bond donors (Lipinski definition) is 1. The van der Waals surface area contributed by atoms with Crippen LogP contribution in [-0.2, 0) is 17.1 Å². The number of pyridine rings is 1. The molecule has 3 nitrogen and oxygen atoms in total. The van der Waals surface area contributed by atoms with Crippen molar-refractivity contribution in [3.8, 4) is 0 Å². The third-order valence-electron chi connectivity index (χ3n) is 1.82. The van der Waals surface area contributed by atoms with E-state index in [2.05, 4.69) is 4.98 Å². The number of hydrogen-bond acceptors (Lipinski definition) is 2. The molecule has 1 N–H and O–H groups in total. The van der Waals surface area contributed by atoms with Crippen LogP contribution in [0, 0.1) is 0 Å². The van der Waals surface area contributed by atoms with Crippen molar-refractivity contribution in [1.82, 2.24) is 4.98 Å².